The molecule has 8 heteroatoms. The van der Waals surface area contributed by atoms with Crippen LogP contribution >= 0.6 is 0 Å². The maximum absolute atomic E-state index is 11.8. The molecule has 2 unspecified atom stereocenters. The van der Waals surface area contributed by atoms with Gasteiger partial charge in [0.15, 0.2) is 16.6 Å². The Morgan fingerprint density at radius 1 is 1.00 bits per heavy atom. The Bertz CT molecular complexity index is 580. The molecule has 31 heavy (non-hydrogen) atoms. The Morgan fingerprint density at radius 3 is 2.00 bits per heavy atom. The quantitative estimate of drug-likeness (QED) is 0.311. The molecule has 0 aliphatic carbocycles. The zero-order valence-electron chi connectivity index (χ0n) is 22.1. The van der Waals surface area contributed by atoms with Crippen LogP contribution in [0.5, 0.6) is 0 Å². The Hall–Kier alpha value is -0.256. The Morgan fingerprint density at radius 2 is 1.55 bits per heavy atom. The van der Waals surface area contributed by atoms with Gasteiger partial charge >= 0.3 is 5.97 Å². The summed E-state index contributed by atoms with van der Waals surface area (Å²) < 4.78 is 30.1. The second-order valence-electron chi connectivity index (χ2n) is 11.9. The van der Waals surface area contributed by atoms with Crippen molar-refractivity contribution in [3.05, 3.63) is 0 Å². The summed E-state index contributed by atoms with van der Waals surface area (Å²) in [6, 6.07) is 0. The van der Waals surface area contributed by atoms with Gasteiger partial charge in [-0.25, -0.2) is 0 Å². The standard InChI is InChI=1S/C23H48O6Si2/c1-22(2,3)30(9,10)28-16-18(29-31(11,12)23(4,5)6)14-19-21(26-8)17(15-27-19)13-20(24)25-7/h17-19,21H,13-16H2,1-12H3/t17?,18?,19-,21-/m1/s1. The summed E-state index contributed by atoms with van der Waals surface area (Å²) in [5.74, 6) is -0.232. The maximum atomic E-state index is 11.8. The molecular formula is C23H48O6Si2. The van der Waals surface area contributed by atoms with Gasteiger partial charge in [0.1, 0.15) is 0 Å². The lowest BCUT2D eigenvalue weighted by atomic mass is 9.95. The van der Waals surface area contributed by atoms with Gasteiger partial charge in [0.25, 0.3) is 0 Å². The average molecular weight is 477 g/mol. The summed E-state index contributed by atoms with van der Waals surface area (Å²) in [5, 5.41) is 0.242. The predicted molar refractivity (Wildman–Crippen MR) is 130 cm³/mol. The van der Waals surface area contributed by atoms with Gasteiger partial charge in [0, 0.05) is 19.4 Å². The highest BCUT2D eigenvalue weighted by Crippen LogP contribution is 2.40. The van der Waals surface area contributed by atoms with Crippen LogP contribution in [0.15, 0.2) is 0 Å². The lowest BCUT2D eigenvalue weighted by Gasteiger charge is -2.42. The first-order valence-corrected chi connectivity index (χ1v) is 17.3. The average Bonchev–Trinajstić information content (AvgIpc) is 2.98. The number of rotatable bonds is 10. The zero-order chi connectivity index (χ0) is 24.3. The van der Waals surface area contributed by atoms with Gasteiger partial charge in [-0.3, -0.25) is 4.79 Å². The van der Waals surface area contributed by atoms with Gasteiger partial charge in [-0.1, -0.05) is 41.5 Å². The van der Waals surface area contributed by atoms with E-state index in [9.17, 15) is 4.79 Å². The highest BCUT2D eigenvalue weighted by atomic mass is 28.4. The molecule has 0 N–H and O–H groups in total. The van der Waals surface area contributed by atoms with E-state index in [4.69, 9.17) is 23.1 Å². The molecule has 1 rings (SSSR count). The fraction of sp³-hybridized carbons (Fsp3) is 0.957. The number of methoxy groups -OCH3 is 2. The van der Waals surface area contributed by atoms with Gasteiger partial charge in [0.05, 0.1) is 45.1 Å². The van der Waals surface area contributed by atoms with Gasteiger partial charge in [-0.15, -0.1) is 0 Å². The van der Waals surface area contributed by atoms with Crippen LogP contribution in [0.3, 0.4) is 0 Å². The summed E-state index contributed by atoms with van der Waals surface area (Å²) >= 11 is 0. The third kappa shape index (κ3) is 7.93. The highest BCUT2D eigenvalue weighted by Gasteiger charge is 2.44. The molecule has 0 aromatic rings. The third-order valence-electron chi connectivity index (χ3n) is 7.48. The second-order valence-corrected chi connectivity index (χ2v) is 21.5. The molecule has 1 heterocycles. The number of carbonyl (C=O) groups excluding carboxylic acids is 1. The monoisotopic (exact) mass is 476 g/mol. The van der Waals surface area contributed by atoms with Crippen molar-refractivity contribution in [1.82, 2.24) is 0 Å². The summed E-state index contributed by atoms with van der Waals surface area (Å²) in [5.41, 5.74) is 0. The number of carbonyl (C=O) groups is 1. The lowest BCUT2D eigenvalue weighted by Crippen LogP contribution is -2.49. The summed E-state index contributed by atoms with van der Waals surface area (Å²) in [6.45, 7) is 23.6. The molecule has 184 valence electrons. The van der Waals surface area contributed by atoms with Crippen LogP contribution in [0.2, 0.25) is 36.3 Å². The van der Waals surface area contributed by atoms with Crippen LogP contribution in [0.25, 0.3) is 0 Å². The van der Waals surface area contributed by atoms with Crippen molar-refractivity contribution >= 4 is 22.6 Å². The van der Waals surface area contributed by atoms with Crippen molar-refractivity contribution in [2.24, 2.45) is 5.92 Å². The molecule has 4 atom stereocenters. The zero-order valence-corrected chi connectivity index (χ0v) is 24.1. The van der Waals surface area contributed by atoms with E-state index in [2.05, 4.69) is 67.7 Å². The van der Waals surface area contributed by atoms with Crippen molar-refractivity contribution in [3.63, 3.8) is 0 Å². The molecule has 1 saturated heterocycles. The molecular weight excluding hydrogens is 428 g/mol. The summed E-state index contributed by atoms with van der Waals surface area (Å²) in [4.78, 5) is 11.8. The minimum absolute atomic E-state index is 0.00252. The fourth-order valence-electron chi connectivity index (χ4n) is 3.28. The Kier molecular flexibility index (Phi) is 10.0. The molecule has 0 saturated carbocycles. The van der Waals surface area contributed by atoms with Crippen LogP contribution in [0.1, 0.15) is 54.4 Å². The van der Waals surface area contributed by atoms with Gasteiger partial charge < -0.3 is 23.1 Å². The molecule has 1 aliphatic rings. The molecule has 0 bridgehead atoms. The van der Waals surface area contributed by atoms with E-state index in [0.29, 0.717) is 26.1 Å². The SMILES string of the molecule is COC(=O)CC1CO[C@H](CC(CO[Si](C)(C)C(C)(C)C)O[Si](C)(C)C(C)(C)C)[C@@H]1OC. The van der Waals surface area contributed by atoms with Crippen LogP contribution in [0, 0.1) is 5.92 Å². The van der Waals surface area contributed by atoms with Crippen molar-refractivity contribution in [2.45, 2.75) is 109 Å². The first-order chi connectivity index (χ1) is 13.9. The van der Waals surface area contributed by atoms with E-state index < -0.39 is 16.6 Å². The number of ether oxygens (including phenoxy) is 3. The van der Waals surface area contributed by atoms with E-state index in [1.807, 2.05) is 0 Å². The number of hydrogen-bond acceptors (Lipinski definition) is 6. The minimum atomic E-state index is -2.00. The normalized spacial score (nSPS) is 24.3. The maximum Gasteiger partial charge on any atom is 0.305 e. The third-order valence-corrected chi connectivity index (χ3v) is 16.5. The van der Waals surface area contributed by atoms with Crippen LogP contribution in [-0.4, -0.2) is 68.3 Å². The molecule has 1 fully saturated rings. The van der Waals surface area contributed by atoms with Gasteiger partial charge in [-0.2, -0.15) is 0 Å². The topological polar surface area (TPSA) is 63.2 Å². The molecule has 0 radical (unpaired) electrons. The second kappa shape index (κ2) is 10.8. The molecule has 0 aromatic heterocycles. The summed E-state index contributed by atoms with van der Waals surface area (Å²) in [6.07, 6.45) is 0.640. The smallest absolute Gasteiger partial charge is 0.305 e. The first-order valence-electron chi connectivity index (χ1n) is 11.5. The van der Waals surface area contributed by atoms with Crippen LogP contribution in [0.4, 0.5) is 0 Å². The van der Waals surface area contributed by atoms with Gasteiger partial charge in [-0.05, 0) is 36.3 Å². The van der Waals surface area contributed by atoms with E-state index >= 15 is 0 Å². The molecule has 0 amide bonds. The van der Waals surface area contributed by atoms with Gasteiger partial charge in [0.2, 0.25) is 0 Å². The molecule has 0 aromatic carbocycles. The van der Waals surface area contributed by atoms with Crippen molar-refractivity contribution in [3.8, 4) is 0 Å². The summed E-state index contributed by atoms with van der Waals surface area (Å²) in [7, 11) is -0.804. The Labute approximate surface area is 193 Å². The van der Waals surface area contributed by atoms with E-state index in [0.717, 1.165) is 0 Å². The number of hydrogen-bond donors (Lipinski definition) is 0. The lowest BCUT2D eigenvalue weighted by molar-refractivity contribution is -0.142. The van der Waals surface area contributed by atoms with Crippen LogP contribution in [-0.2, 0) is 27.9 Å². The minimum Gasteiger partial charge on any atom is -0.469 e. The highest BCUT2D eigenvalue weighted by molar-refractivity contribution is 6.74. The molecule has 0 spiro atoms. The van der Waals surface area contributed by atoms with E-state index in [1.54, 1.807) is 7.11 Å². The predicted octanol–water partition coefficient (Wildman–Crippen LogP) is 5.38. The molecule has 1 aliphatic heterocycles. The van der Waals surface area contributed by atoms with Crippen LogP contribution < -0.4 is 0 Å². The van der Waals surface area contributed by atoms with Crippen molar-refractivity contribution in [2.75, 3.05) is 27.4 Å². The van der Waals surface area contributed by atoms with Crippen molar-refractivity contribution in [1.29, 1.82) is 0 Å². The van der Waals surface area contributed by atoms with E-state index in [1.165, 1.54) is 7.11 Å². The largest absolute Gasteiger partial charge is 0.469 e. The first kappa shape index (κ1) is 28.8. The Balaban J connectivity index is 2.99. The molecule has 6 nitrogen and oxygen atoms in total. The van der Waals surface area contributed by atoms with Crippen molar-refractivity contribution < 1.29 is 27.9 Å². The number of esters is 1. The fourth-order valence-corrected chi connectivity index (χ4v) is 5.67. The van der Waals surface area contributed by atoms with E-state index in [-0.39, 0.29) is 40.3 Å².